The van der Waals surface area contributed by atoms with Crippen molar-refractivity contribution in [1.29, 1.82) is 0 Å². The molecular weight excluding hydrogens is 292 g/mol. The molecular formula is C18H18N2O3. The highest BCUT2D eigenvalue weighted by Crippen LogP contribution is 2.19. The lowest BCUT2D eigenvalue weighted by molar-refractivity contribution is -0.123. The van der Waals surface area contributed by atoms with Gasteiger partial charge in [-0.2, -0.15) is 0 Å². The number of hydrogen-bond donors (Lipinski definition) is 1. The molecule has 0 bridgehead atoms. The lowest BCUT2D eigenvalue weighted by atomic mass is 10.1. The van der Waals surface area contributed by atoms with Crippen LogP contribution in [0.15, 0.2) is 54.6 Å². The van der Waals surface area contributed by atoms with Crippen LogP contribution in [0.3, 0.4) is 0 Å². The van der Waals surface area contributed by atoms with E-state index in [2.05, 4.69) is 5.43 Å². The third kappa shape index (κ3) is 3.51. The van der Waals surface area contributed by atoms with E-state index in [-0.39, 0.29) is 18.4 Å². The summed E-state index contributed by atoms with van der Waals surface area (Å²) in [6, 6.07) is 16.7. The summed E-state index contributed by atoms with van der Waals surface area (Å²) < 4.78 is 5.26. The van der Waals surface area contributed by atoms with Gasteiger partial charge in [-0.15, -0.1) is 0 Å². The third-order valence-corrected chi connectivity index (χ3v) is 3.79. The zero-order chi connectivity index (χ0) is 16.2. The van der Waals surface area contributed by atoms with Crippen molar-refractivity contribution in [3.05, 3.63) is 65.7 Å². The van der Waals surface area contributed by atoms with Crippen LogP contribution in [-0.2, 0) is 9.53 Å². The summed E-state index contributed by atoms with van der Waals surface area (Å²) >= 11 is 0. The Morgan fingerprint density at radius 1 is 1.17 bits per heavy atom. The summed E-state index contributed by atoms with van der Waals surface area (Å²) in [5.74, 6) is -0.914. The average molecular weight is 310 g/mol. The van der Waals surface area contributed by atoms with Crippen LogP contribution in [0.2, 0.25) is 0 Å². The van der Waals surface area contributed by atoms with Gasteiger partial charge in [0.1, 0.15) is 6.61 Å². The zero-order valence-corrected chi connectivity index (χ0v) is 12.9. The first-order valence-electron chi connectivity index (χ1n) is 7.50. The number of benzene rings is 2. The number of hydrazine groups is 1. The van der Waals surface area contributed by atoms with Gasteiger partial charge in [-0.05, 0) is 31.2 Å². The van der Waals surface area contributed by atoms with Gasteiger partial charge >= 0.3 is 5.97 Å². The molecule has 2 aromatic carbocycles. The summed E-state index contributed by atoms with van der Waals surface area (Å²) in [4.78, 5) is 24.0. The predicted molar refractivity (Wildman–Crippen MR) is 86.9 cm³/mol. The number of carbonyl (C=O) groups is 2. The SMILES string of the molecule is Cc1ccc(N2CC(COC(=O)c3ccccc3)C(=O)N2)cc1. The largest absolute Gasteiger partial charge is 0.461 e. The summed E-state index contributed by atoms with van der Waals surface area (Å²) in [6.07, 6.45) is 0. The molecule has 0 radical (unpaired) electrons. The fourth-order valence-electron chi connectivity index (χ4n) is 2.43. The molecule has 1 amide bonds. The average Bonchev–Trinajstić information content (AvgIpc) is 2.95. The molecule has 5 heteroatoms. The number of esters is 1. The first-order chi connectivity index (χ1) is 11.1. The second-order valence-corrected chi connectivity index (χ2v) is 5.58. The molecule has 1 heterocycles. The summed E-state index contributed by atoms with van der Waals surface area (Å²) in [6.45, 7) is 2.56. The van der Waals surface area contributed by atoms with Crippen molar-refractivity contribution in [2.75, 3.05) is 18.2 Å². The maximum atomic E-state index is 12.0. The molecule has 0 spiro atoms. The normalized spacial score (nSPS) is 17.0. The Labute approximate surface area is 134 Å². The molecule has 0 saturated carbocycles. The Morgan fingerprint density at radius 3 is 2.57 bits per heavy atom. The molecule has 0 aliphatic carbocycles. The van der Waals surface area contributed by atoms with Gasteiger partial charge in [0.05, 0.1) is 23.7 Å². The highest BCUT2D eigenvalue weighted by Gasteiger charge is 2.31. The van der Waals surface area contributed by atoms with Gasteiger partial charge in [-0.3, -0.25) is 15.2 Å². The fourth-order valence-corrected chi connectivity index (χ4v) is 2.43. The molecule has 1 N–H and O–H groups in total. The Hall–Kier alpha value is -2.82. The highest BCUT2D eigenvalue weighted by atomic mass is 16.5. The van der Waals surface area contributed by atoms with Gasteiger partial charge in [0, 0.05) is 0 Å². The number of anilines is 1. The van der Waals surface area contributed by atoms with Crippen molar-refractivity contribution in [3.8, 4) is 0 Å². The quantitative estimate of drug-likeness (QED) is 0.881. The summed E-state index contributed by atoms with van der Waals surface area (Å²) in [7, 11) is 0. The van der Waals surface area contributed by atoms with Crippen molar-refractivity contribution in [2.24, 2.45) is 5.92 Å². The lowest BCUT2D eigenvalue weighted by Crippen LogP contribution is -2.32. The van der Waals surface area contributed by atoms with Gasteiger partial charge in [0.15, 0.2) is 0 Å². The van der Waals surface area contributed by atoms with Crippen LogP contribution in [0.4, 0.5) is 5.69 Å². The first kappa shape index (κ1) is 15.1. The van der Waals surface area contributed by atoms with E-state index < -0.39 is 5.97 Å². The van der Waals surface area contributed by atoms with E-state index in [1.165, 1.54) is 0 Å². The smallest absolute Gasteiger partial charge is 0.338 e. The third-order valence-electron chi connectivity index (χ3n) is 3.79. The molecule has 5 nitrogen and oxygen atoms in total. The number of nitrogens with zero attached hydrogens (tertiary/aromatic N) is 1. The van der Waals surface area contributed by atoms with E-state index in [1.807, 2.05) is 37.3 Å². The number of carbonyl (C=O) groups excluding carboxylic acids is 2. The van der Waals surface area contributed by atoms with Gasteiger partial charge in [0.25, 0.3) is 0 Å². The van der Waals surface area contributed by atoms with Crippen LogP contribution in [0, 0.1) is 12.8 Å². The molecule has 1 saturated heterocycles. The van der Waals surface area contributed by atoms with Crippen molar-refractivity contribution >= 4 is 17.6 Å². The molecule has 2 aromatic rings. The van der Waals surface area contributed by atoms with Crippen LogP contribution in [0.25, 0.3) is 0 Å². The minimum absolute atomic E-state index is 0.0714. The molecule has 1 fully saturated rings. The minimum Gasteiger partial charge on any atom is -0.461 e. The number of rotatable bonds is 4. The Bertz CT molecular complexity index is 698. The first-order valence-corrected chi connectivity index (χ1v) is 7.50. The van der Waals surface area contributed by atoms with Gasteiger partial charge in [-0.25, -0.2) is 4.79 Å². The van der Waals surface area contributed by atoms with E-state index in [9.17, 15) is 9.59 Å². The van der Waals surface area contributed by atoms with Crippen molar-refractivity contribution < 1.29 is 14.3 Å². The monoisotopic (exact) mass is 310 g/mol. The topological polar surface area (TPSA) is 58.6 Å². The Kier molecular flexibility index (Phi) is 4.28. The van der Waals surface area contributed by atoms with Gasteiger partial charge in [0.2, 0.25) is 5.91 Å². The van der Waals surface area contributed by atoms with E-state index in [0.717, 1.165) is 11.3 Å². The molecule has 1 unspecified atom stereocenters. The highest BCUT2D eigenvalue weighted by molar-refractivity contribution is 5.90. The molecule has 1 aliphatic rings. The number of hydrogen-bond acceptors (Lipinski definition) is 4. The predicted octanol–water partition coefficient (Wildman–Crippen LogP) is 2.32. The molecule has 0 aromatic heterocycles. The number of amides is 1. The summed E-state index contributed by atoms with van der Waals surface area (Å²) in [5, 5.41) is 1.78. The maximum absolute atomic E-state index is 12.0. The van der Waals surface area contributed by atoms with E-state index in [1.54, 1.807) is 29.3 Å². The molecule has 1 aliphatic heterocycles. The van der Waals surface area contributed by atoms with Crippen LogP contribution >= 0.6 is 0 Å². The van der Waals surface area contributed by atoms with Crippen molar-refractivity contribution in [1.82, 2.24) is 5.43 Å². The minimum atomic E-state index is -0.410. The molecule has 1 atom stereocenters. The van der Waals surface area contributed by atoms with Gasteiger partial charge < -0.3 is 4.74 Å². The number of aryl methyl sites for hydroxylation is 1. The van der Waals surface area contributed by atoms with Crippen LogP contribution in [0.5, 0.6) is 0 Å². The molecule has 23 heavy (non-hydrogen) atoms. The van der Waals surface area contributed by atoms with E-state index >= 15 is 0 Å². The summed E-state index contributed by atoms with van der Waals surface area (Å²) in [5.41, 5.74) is 5.37. The van der Waals surface area contributed by atoms with Crippen LogP contribution in [0.1, 0.15) is 15.9 Å². The van der Waals surface area contributed by atoms with Crippen molar-refractivity contribution in [3.63, 3.8) is 0 Å². The van der Waals surface area contributed by atoms with E-state index in [0.29, 0.717) is 12.1 Å². The standard InChI is InChI=1S/C18H18N2O3/c1-13-7-9-16(10-8-13)20-11-15(17(21)19-20)12-23-18(22)14-5-3-2-4-6-14/h2-10,15H,11-12H2,1H3,(H,19,21). The molecule has 3 rings (SSSR count). The fraction of sp³-hybridized carbons (Fsp3) is 0.222. The van der Waals surface area contributed by atoms with Crippen LogP contribution in [-0.4, -0.2) is 25.0 Å². The molecule has 118 valence electrons. The van der Waals surface area contributed by atoms with Crippen molar-refractivity contribution in [2.45, 2.75) is 6.92 Å². The lowest BCUT2D eigenvalue weighted by Gasteiger charge is -2.17. The van der Waals surface area contributed by atoms with Crippen LogP contribution < -0.4 is 10.4 Å². The second-order valence-electron chi connectivity index (χ2n) is 5.58. The number of nitrogens with one attached hydrogen (secondary N) is 1. The van der Waals surface area contributed by atoms with E-state index in [4.69, 9.17) is 4.74 Å². The number of ether oxygens (including phenoxy) is 1. The second kappa shape index (κ2) is 6.52. The maximum Gasteiger partial charge on any atom is 0.338 e. The van der Waals surface area contributed by atoms with Gasteiger partial charge in [-0.1, -0.05) is 35.9 Å². The Balaban J connectivity index is 1.58. The Morgan fingerprint density at radius 2 is 1.87 bits per heavy atom. The zero-order valence-electron chi connectivity index (χ0n) is 12.9.